The molecule has 0 aromatic heterocycles. The Hall–Kier alpha value is -2.19. The predicted molar refractivity (Wildman–Crippen MR) is 78.8 cm³/mol. The average Bonchev–Trinajstić information content (AvgIpc) is 2.48. The molecule has 1 nitrogen and oxygen atoms in total. The summed E-state index contributed by atoms with van der Waals surface area (Å²) in [6.45, 7) is 0. The van der Waals surface area contributed by atoms with Gasteiger partial charge in [-0.2, -0.15) is 0 Å². The zero-order valence-electron chi connectivity index (χ0n) is 10.4. The predicted octanol–water partition coefficient (Wildman–Crippen LogP) is 4.86. The maximum absolute atomic E-state index is 13.8. The Morgan fingerprint density at radius 1 is 0.800 bits per heavy atom. The SMILES string of the molecule is O=C(c1ccccc1Cl)c1ccc(F)c2ccccc12. The van der Waals surface area contributed by atoms with Gasteiger partial charge in [-0.25, -0.2) is 4.39 Å². The summed E-state index contributed by atoms with van der Waals surface area (Å²) in [4.78, 5) is 12.6. The summed E-state index contributed by atoms with van der Waals surface area (Å²) >= 11 is 6.06. The second-order valence-corrected chi connectivity index (χ2v) is 4.86. The molecule has 0 aliphatic carbocycles. The van der Waals surface area contributed by atoms with Gasteiger partial charge in [0.25, 0.3) is 0 Å². The summed E-state index contributed by atoms with van der Waals surface area (Å²) in [5.74, 6) is -0.539. The molecule has 0 radical (unpaired) electrons. The van der Waals surface area contributed by atoms with Crippen LogP contribution in [0.3, 0.4) is 0 Å². The molecule has 3 aromatic rings. The molecule has 0 aliphatic rings. The van der Waals surface area contributed by atoms with Gasteiger partial charge in [-0.3, -0.25) is 4.79 Å². The highest BCUT2D eigenvalue weighted by Crippen LogP contribution is 2.26. The van der Waals surface area contributed by atoms with E-state index in [0.29, 0.717) is 26.9 Å². The van der Waals surface area contributed by atoms with E-state index < -0.39 is 0 Å². The highest BCUT2D eigenvalue weighted by molar-refractivity contribution is 6.35. The lowest BCUT2D eigenvalue weighted by Crippen LogP contribution is -2.03. The lowest BCUT2D eigenvalue weighted by atomic mass is 9.97. The van der Waals surface area contributed by atoms with E-state index in [-0.39, 0.29) is 11.6 Å². The van der Waals surface area contributed by atoms with Crippen molar-refractivity contribution < 1.29 is 9.18 Å². The molecule has 0 bridgehead atoms. The molecule has 0 saturated heterocycles. The fraction of sp³-hybridized carbons (Fsp3) is 0. The fourth-order valence-corrected chi connectivity index (χ4v) is 2.47. The molecule has 0 N–H and O–H groups in total. The third-order valence-corrected chi connectivity index (χ3v) is 3.56. The summed E-state index contributed by atoms with van der Waals surface area (Å²) < 4.78 is 13.8. The molecule has 0 spiro atoms. The first-order valence-electron chi connectivity index (χ1n) is 6.15. The second-order valence-electron chi connectivity index (χ2n) is 4.45. The van der Waals surface area contributed by atoms with Gasteiger partial charge in [-0.1, -0.05) is 48.0 Å². The van der Waals surface area contributed by atoms with Gasteiger partial charge < -0.3 is 0 Å². The Balaban J connectivity index is 2.23. The molecule has 3 rings (SSSR count). The van der Waals surface area contributed by atoms with Crippen LogP contribution < -0.4 is 0 Å². The van der Waals surface area contributed by atoms with Crippen molar-refractivity contribution in [2.75, 3.05) is 0 Å². The fourth-order valence-electron chi connectivity index (χ4n) is 2.25. The molecule has 0 heterocycles. The van der Waals surface area contributed by atoms with Gasteiger partial charge >= 0.3 is 0 Å². The van der Waals surface area contributed by atoms with Crippen molar-refractivity contribution in [3.8, 4) is 0 Å². The largest absolute Gasteiger partial charge is 0.289 e. The van der Waals surface area contributed by atoms with Gasteiger partial charge in [-0.05, 0) is 29.7 Å². The van der Waals surface area contributed by atoms with Crippen LogP contribution in [0.15, 0.2) is 60.7 Å². The Bertz CT molecular complexity index is 811. The Kier molecular flexibility index (Phi) is 3.25. The van der Waals surface area contributed by atoms with Crippen LogP contribution in [-0.4, -0.2) is 5.78 Å². The number of carbonyl (C=O) groups is 1. The number of ketones is 1. The van der Waals surface area contributed by atoms with Crippen LogP contribution >= 0.6 is 11.6 Å². The number of carbonyl (C=O) groups excluding carboxylic acids is 1. The molecule has 0 amide bonds. The van der Waals surface area contributed by atoms with E-state index in [1.165, 1.54) is 12.1 Å². The van der Waals surface area contributed by atoms with Crippen molar-refractivity contribution in [2.45, 2.75) is 0 Å². The minimum atomic E-state index is -0.337. The summed E-state index contributed by atoms with van der Waals surface area (Å²) in [5.41, 5.74) is 0.876. The van der Waals surface area contributed by atoms with E-state index in [2.05, 4.69) is 0 Å². The Morgan fingerprint density at radius 2 is 1.45 bits per heavy atom. The lowest BCUT2D eigenvalue weighted by molar-refractivity contribution is 0.104. The van der Waals surface area contributed by atoms with E-state index in [4.69, 9.17) is 11.6 Å². The van der Waals surface area contributed by atoms with Gasteiger partial charge in [-0.15, -0.1) is 0 Å². The van der Waals surface area contributed by atoms with E-state index in [0.717, 1.165) is 0 Å². The first-order valence-corrected chi connectivity index (χ1v) is 6.53. The van der Waals surface area contributed by atoms with Crippen molar-refractivity contribution in [1.82, 2.24) is 0 Å². The molecule has 0 atom stereocenters. The molecule has 0 fully saturated rings. The van der Waals surface area contributed by atoms with Crippen LogP contribution in [0.2, 0.25) is 5.02 Å². The van der Waals surface area contributed by atoms with Crippen LogP contribution in [0.1, 0.15) is 15.9 Å². The van der Waals surface area contributed by atoms with Crippen LogP contribution in [0.25, 0.3) is 10.8 Å². The zero-order chi connectivity index (χ0) is 14.1. The number of fused-ring (bicyclic) bond motifs is 1. The van der Waals surface area contributed by atoms with Crippen molar-refractivity contribution in [1.29, 1.82) is 0 Å². The zero-order valence-corrected chi connectivity index (χ0v) is 11.2. The van der Waals surface area contributed by atoms with Gasteiger partial charge in [0.05, 0.1) is 5.02 Å². The molecular formula is C17H10ClFO. The summed E-state index contributed by atoms with van der Waals surface area (Å²) in [5, 5.41) is 1.42. The number of hydrogen-bond acceptors (Lipinski definition) is 1. The molecule has 20 heavy (non-hydrogen) atoms. The topological polar surface area (TPSA) is 17.1 Å². The molecule has 3 heteroatoms. The monoisotopic (exact) mass is 284 g/mol. The quantitative estimate of drug-likeness (QED) is 0.614. The smallest absolute Gasteiger partial charge is 0.195 e. The van der Waals surface area contributed by atoms with E-state index in [1.807, 2.05) is 0 Å². The van der Waals surface area contributed by atoms with Gasteiger partial charge in [0.2, 0.25) is 0 Å². The third-order valence-electron chi connectivity index (χ3n) is 3.23. The first-order chi connectivity index (χ1) is 9.68. The maximum Gasteiger partial charge on any atom is 0.195 e. The highest BCUT2D eigenvalue weighted by atomic mass is 35.5. The Morgan fingerprint density at radius 3 is 2.20 bits per heavy atom. The van der Waals surface area contributed by atoms with Crippen molar-refractivity contribution >= 4 is 28.2 Å². The normalized spacial score (nSPS) is 10.7. The molecule has 0 saturated carbocycles. The third kappa shape index (κ3) is 2.08. The second kappa shape index (κ2) is 5.06. The first kappa shape index (κ1) is 12.8. The average molecular weight is 285 g/mol. The van der Waals surface area contributed by atoms with Crippen LogP contribution in [0.4, 0.5) is 4.39 Å². The number of halogens is 2. The van der Waals surface area contributed by atoms with Crippen LogP contribution in [0, 0.1) is 5.82 Å². The van der Waals surface area contributed by atoms with Crippen molar-refractivity contribution in [3.05, 3.63) is 82.6 Å². The molecule has 0 unspecified atom stereocenters. The molecule has 0 aliphatic heterocycles. The maximum atomic E-state index is 13.8. The van der Waals surface area contributed by atoms with E-state index in [9.17, 15) is 9.18 Å². The summed E-state index contributed by atoms with van der Waals surface area (Å²) in [7, 11) is 0. The minimum absolute atomic E-state index is 0.202. The number of hydrogen-bond donors (Lipinski definition) is 0. The highest BCUT2D eigenvalue weighted by Gasteiger charge is 2.16. The van der Waals surface area contributed by atoms with Crippen LogP contribution in [-0.2, 0) is 0 Å². The van der Waals surface area contributed by atoms with Gasteiger partial charge in [0, 0.05) is 16.5 Å². The molecular weight excluding hydrogens is 275 g/mol. The Labute approximate surface area is 120 Å². The van der Waals surface area contributed by atoms with E-state index in [1.54, 1.807) is 48.5 Å². The van der Waals surface area contributed by atoms with Crippen molar-refractivity contribution in [2.24, 2.45) is 0 Å². The number of rotatable bonds is 2. The van der Waals surface area contributed by atoms with Crippen LogP contribution in [0.5, 0.6) is 0 Å². The van der Waals surface area contributed by atoms with Gasteiger partial charge in [0.15, 0.2) is 5.78 Å². The van der Waals surface area contributed by atoms with Gasteiger partial charge in [0.1, 0.15) is 5.82 Å². The standard InChI is InChI=1S/C17H10ClFO/c18-15-8-4-3-7-14(15)17(20)13-9-10-16(19)12-6-2-1-5-11(12)13/h1-10H. The number of benzene rings is 3. The van der Waals surface area contributed by atoms with Crippen molar-refractivity contribution in [3.63, 3.8) is 0 Å². The molecule has 3 aromatic carbocycles. The summed E-state index contributed by atoms with van der Waals surface area (Å²) in [6.07, 6.45) is 0. The minimum Gasteiger partial charge on any atom is -0.289 e. The summed E-state index contributed by atoms with van der Waals surface area (Å²) in [6, 6.07) is 16.6. The lowest BCUT2D eigenvalue weighted by Gasteiger charge is -2.08. The van der Waals surface area contributed by atoms with E-state index >= 15 is 0 Å². The molecule has 98 valence electrons.